The Morgan fingerprint density at radius 3 is 2.79 bits per heavy atom. The predicted molar refractivity (Wildman–Crippen MR) is 152 cm³/mol. The average molecular weight is 553 g/mol. The van der Waals surface area contributed by atoms with E-state index in [4.69, 9.17) is 0 Å². The van der Waals surface area contributed by atoms with Gasteiger partial charge in [-0.15, -0.1) is 11.3 Å². The molecular formula is C29H34F2N6OS. The number of aromatic nitrogens is 2. The SMILES string of the molecule is CC(C)(CN1CCC(F)(F)CC1)C(=O)N1CC=C(C2Cc3c(Nc4ccc5ncsc5c4)ccnc3N2)CC1. The maximum Gasteiger partial charge on any atom is 0.250 e. The van der Waals surface area contributed by atoms with E-state index >= 15 is 0 Å². The number of fused-ring (bicyclic) bond motifs is 2. The van der Waals surface area contributed by atoms with Crippen LogP contribution >= 0.6 is 11.3 Å². The molecule has 0 bridgehead atoms. The van der Waals surface area contributed by atoms with Crippen LogP contribution in [0.1, 0.15) is 38.7 Å². The molecule has 1 saturated heterocycles. The van der Waals surface area contributed by atoms with Crippen LogP contribution in [-0.4, -0.2) is 70.4 Å². The van der Waals surface area contributed by atoms with Crippen LogP contribution in [-0.2, 0) is 11.2 Å². The van der Waals surface area contributed by atoms with Gasteiger partial charge >= 0.3 is 0 Å². The number of anilines is 3. The highest BCUT2D eigenvalue weighted by Gasteiger charge is 2.39. The summed E-state index contributed by atoms with van der Waals surface area (Å²) in [6.07, 6.45) is 5.37. The van der Waals surface area contributed by atoms with E-state index in [1.807, 2.05) is 53.6 Å². The lowest BCUT2D eigenvalue weighted by Crippen LogP contribution is -2.50. The van der Waals surface area contributed by atoms with Gasteiger partial charge in [0, 0.05) is 75.1 Å². The number of carbonyl (C=O) groups is 1. The van der Waals surface area contributed by atoms with Crippen molar-refractivity contribution in [1.29, 1.82) is 0 Å². The van der Waals surface area contributed by atoms with E-state index in [9.17, 15) is 13.6 Å². The summed E-state index contributed by atoms with van der Waals surface area (Å²) in [5.41, 5.74) is 6.78. The summed E-state index contributed by atoms with van der Waals surface area (Å²) < 4.78 is 28.2. The third-order valence-corrected chi connectivity index (χ3v) is 8.94. The number of hydrogen-bond donors (Lipinski definition) is 2. The van der Waals surface area contributed by atoms with E-state index in [1.165, 1.54) is 11.1 Å². The van der Waals surface area contributed by atoms with Crippen molar-refractivity contribution in [2.24, 2.45) is 5.41 Å². The monoisotopic (exact) mass is 552 g/mol. The lowest BCUT2D eigenvalue weighted by atomic mass is 9.88. The Bertz CT molecular complexity index is 1410. The van der Waals surface area contributed by atoms with Crippen molar-refractivity contribution in [3.8, 4) is 0 Å². The highest BCUT2D eigenvalue weighted by atomic mass is 32.1. The second kappa shape index (κ2) is 10.1. The number of piperidine rings is 1. The zero-order chi connectivity index (χ0) is 27.2. The number of amides is 1. The van der Waals surface area contributed by atoms with Crippen LogP contribution in [0, 0.1) is 5.41 Å². The van der Waals surface area contributed by atoms with Crippen molar-refractivity contribution in [2.75, 3.05) is 43.4 Å². The molecular weight excluding hydrogens is 518 g/mol. The molecule has 2 N–H and O–H groups in total. The number of alkyl halides is 2. The zero-order valence-corrected chi connectivity index (χ0v) is 23.2. The molecule has 6 rings (SSSR count). The Hall–Kier alpha value is -3.11. The van der Waals surface area contributed by atoms with Crippen molar-refractivity contribution in [2.45, 2.75) is 51.5 Å². The molecule has 206 valence electrons. The van der Waals surface area contributed by atoms with Crippen LogP contribution in [0.5, 0.6) is 0 Å². The molecule has 0 saturated carbocycles. The molecule has 0 radical (unpaired) electrons. The van der Waals surface area contributed by atoms with E-state index in [0.717, 1.165) is 40.3 Å². The molecule has 3 aromatic rings. The first-order valence-electron chi connectivity index (χ1n) is 13.6. The van der Waals surface area contributed by atoms with Gasteiger partial charge in [0.2, 0.25) is 5.91 Å². The fraction of sp³-hybridized carbons (Fsp3) is 0.483. The van der Waals surface area contributed by atoms with E-state index in [2.05, 4.69) is 32.7 Å². The molecule has 0 aliphatic carbocycles. The van der Waals surface area contributed by atoms with Gasteiger partial charge in [0.15, 0.2) is 0 Å². The Labute approximate surface area is 231 Å². The number of hydrogen-bond acceptors (Lipinski definition) is 7. The lowest BCUT2D eigenvalue weighted by Gasteiger charge is -2.39. The van der Waals surface area contributed by atoms with Crippen LogP contribution in [0.25, 0.3) is 10.2 Å². The van der Waals surface area contributed by atoms with Crippen molar-refractivity contribution < 1.29 is 13.6 Å². The molecule has 3 aliphatic heterocycles. The minimum Gasteiger partial charge on any atom is -0.363 e. The van der Waals surface area contributed by atoms with Crippen molar-refractivity contribution in [1.82, 2.24) is 19.8 Å². The maximum absolute atomic E-state index is 13.5. The Morgan fingerprint density at radius 1 is 1.21 bits per heavy atom. The molecule has 2 aromatic heterocycles. The normalized spacial score (nSPS) is 21.4. The van der Waals surface area contributed by atoms with Gasteiger partial charge in [-0.05, 0) is 50.1 Å². The van der Waals surface area contributed by atoms with Gasteiger partial charge in [0.25, 0.3) is 5.92 Å². The van der Waals surface area contributed by atoms with Gasteiger partial charge in [0.1, 0.15) is 5.82 Å². The summed E-state index contributed by atoms with van der Waals surface area (Å²) in [6.45, 7) is 6.28. The van der Waals surface area contributed by atoms with E-state index < -0.39 is 11.3 Å². The topological polar surface area (TPSA) is 73.4 Å². The van der Waals surface area contributed by atoms with Gasteiger partial charge in [-0.3, -0.25) is 4.79 Å². The van der Waals surface area contributed by atoms with Crippen LogP contribution < -0.4 is 10.6 Å². The number of benzene rings is 1. The van der Waals surface area contributed by atoms with Crippen LogP contribution in [0.4, 0.5) is 26.0 Å². The van der Waals surface area contributed by atoms with E-state index in [1.54, 1.807) is 11.3 Å². The zero-order valence-electron chi connectivity index (χ0n) is 22.3. The second-order valence-electron chi connectivity index (χ2n) is 11.5. The van der Waals surface area contributed by atoms with Gasteiger partial charge in [-0.25, -0.2) is 18.7 Å². The smallest absolute Gasteiger partial charge is 0.250 e. The number of likely N-dealkylation sites (tertiary alicyclic amines) is 1. The summed E-state index contributed by atoms with van der Waals surface area (Å²) in [4.78, 5) is 26.3. The second-order valence-corrected chi connectivity index (χ2v) is 12.4. The van der Waals surface area contributed by atoms with Crippen molar-refractivity contribution in [3.63, 3.8) is 0 Å². The summed E-state index contributed by atoms with van der Waals surface area (Å²) >= 11 is 1.63. The molecule has 39 heavy (non-hydrogen) atoms. The van der Waals surface area contributed by atoms with Crippen molar-refractivity contribution in [3.05, 3.63) is 53.2 Å². The summed E-state index contributed by atoms with van der Waals surface area (Å²) in [7, 11) is 0. The molecule has 10 heteroatoms. The Kier molecular flexibility index (Phi) is 6.79. The van der Waals surface area contributed by atoms with Gasteiger partial charge in [0.05, 0.1) is 27.2 Å². The van der Waals surface area contributed by atoms with Crippen LogP contribution in [0.3, 0.4) is 0 Å². The minimum atomic E-state index is -2.57. The summed E-state index contributed by atoms with van der Waals surface area (Å²) in [6, 6.07) is 8.37. The Morgan fingerprint density at radius 2 is 2.03 bits per heavy atom. The number of pyridine rings is 1. The minimum absolute atomic E-state index is 0.0869. The summed E-state index contributed by atoms with van der Waals surface area (Å²) in [5, 5.41) is 7.16. The van der Waals surface area contributed by atoms with E-state index in [-0.39, 0.29) is 24.8 Å². The number of carbonyl (C=O) groups excluding carboxylic acids is 1. The van der Waals surface area contributed by atoms with E-state index in [0.29, 0.717) is 32.7 Å². The fourth-order valence-corrected chi connectivity index (χ4v) is 6.67. The molecule has 1 unspecified atom stereocenters. The molecule has 1 fully saturated rings. The molecule has 7 nitrogen and oxygen atoms in total. The molecule has 1 aromatic carbocycles. The first kappa shape index (κ1) is 26.1. The highest BCUT2D eigenvalue weighted by Crippen LogP contribution is 2.36. The number of halogens is 2. The number of nitrogens with one attached hydrogen (secondary N) is 2. The van der Waals surface area contributed by atoms with Gasteiger partial charge < -0.3 is 20.4 Å². The number of thiazole rings is 1. The molecule has 0 spiro atoms. The van der Waals surface area contributed by atoms with Gasteiger partial charge in [-0.2, -0.15) is 0 Å². The first-order chi connectivity index (χ1) is 18.7. The van der Waals surface area contributed by atoms with Gasteiger partial charge in [-0.1, -0.05) is 6.08 Å². The predicted octanol–water partition coefficient (Wildman–Crippen LogP) is 5.69. The largest absolute Gasteiger partial charge is 0.363 e. The molecule has 5 heterocycles. The third kappa shape index (κ3) is 5.49. The Balaban J connectivity index is 1.08. The van der Waals surface area contributed by atoms with Crippen molar-refractivity contribution >= 4 is 44.7 Å². The first-order valence-corrected chi connectivity index (χ1v) is 14.5. The quantitative estimate of drug-likeness (QED) is 0.383. The molecule has 3 aliphatic rings. The van der Waals surface area contributed by atoms with Crippen LogP contribution in [0.15, 0.2) is 47.6 Å². The highest BCUT2D eigenvalue weighted by molar-refractivity contribution is 7.16. The summed E-state index contributed by atoms with van der Waals surface area (Å²) in [5.74, 6) is -1.59. The number of rotatable bonds is 6. The van der Waals surface area contributed by atoms with Crippen LogP contribution in [0.2, 0.25) is 0 Å². The molecule has 1 atom stereocenters. The fourth-order valence-electron chi connectivity index (χ4n) is 5.95. The average Bonchev–Trinajstić information content (AvgIpc) is 3.57. The standard InChI is InChI=1S/C29H34F2N6OS/c1-28(2,17-36-13-8-29(30,31)9-14-36)27(38)37-11-6-19(7-12-37)24-16-21-22(5-10-32-26(21)35-24)34-20-3-4-23-25(15-20)39-18-33-23/h3-6,10,15,18,24H,7-9,11-14,16-17H2,1-2H3,(H2,32,34,35). The third-order valence-electron chi connectivity index (χ3n) is 8.15. The molecule has 1 amide bonds. The lowest BCUT2D eigenvalue weighted by molar-refractivity contribution is -0.142. The number of nitrogens with zero attached hydrogens (tertiary/aromatic N) is 4. The maximum atomic E-state index is 13.5.